The Bertz CT molecular complexity index is 701. The minimum absolute atomic E-state index is 0.0519. The van der Waals surface area contributed by atoms with Crippen LogP contribution in [0.1, 0.15) is 29.6 Å². The van der Waals surface area contributed by atoms with Crippen molar-refractivity contribution in [3.63, 3.8) is 0 Å². The fourth-order valence-corrected chi connectivity index (χ4v) is 2.34. The van der Waals surface area contributed by atoms with Gasteiger partial charge in [0, 0.05) is 35.7 Å². The van der Waals surface area contributed by atoms with Crippen LogP contribution in [0, 0.1) is 0 Å². The molecule has 0 saturated carbocycles. The third-order valence-corrected chi connectivity index (χ3v) is 3.54. The number of aliphatic carboxylic acids is 1. The Balaban J connectivity index is 1.92. The number of benzene rings is 1. The van der Waals surface area contributed by atoms with Crippen LogP contribution in [0.2, 0.25) is 0 Å². The monoisotopic (exact) mass is 333 g/mol. The van der Waals surface area contributed by atoms with Gasteiger partial charge < -0.3 is 10.4 Å². The summed E-state index contributed by atoms with van der Waals surface area (Å²) in [4.78, 5) is 38.2. The highest BCUT2D eigenvalue weighted by Gasteiger charge is 2.10. The molecule has 2 rings (SSSR count). The lowest BCUT2D eigenvalue weighted by atomic mass is 10.1. The van der Waals surface area contributed by atoms with E-state index in [4.69, 9.17) is 5.11 Å². The van der Waals surface area contributed by atoms with Gasteiger partial charge in [-0.25, -0.2) is 4.98 Å². The Morgan fingerprint density at radius 1 is 1.17 bits per heavy atom. The molecule has 0 unspecified atom stereocenters. The van der Waals surface area contributed by atoms with Gasteiger partial charge in [0.15, 0.2) is 5.13 Å². The molecular formula is C15H15N3O4S. The Morgan fingerprint density at radius 3 is 2.70 bits per heavy atom. The van der Waals surface area contributed by atoms with Gasteiger partial charge in [0.2, 0.25) is 5.91 Å². The molecule has 0 atom stereocenters. The summed E-state index contributed by atoms with van der Waals surface area (Å²) in [5.74, 6) is -1.54. The number of carbonyl (C=O) groups is 3. The lowest BCUT2D eigenvalue weighted by molar-refractivity contribution is -0.137. The zero-order chi connectivity index (χ0) is 16.7. The van der Waals surface area contributed by atoms with Crippen LogP contribution in [0.25, 0.3) is 0 Å². The van der Waals surface area contributed by atoms with E-state index in [1.807, 2.05) is 0 Å². The average Bonchev–Trinajstić information content (AvgIpc) is 3.00. The van der Waals surface area contributed by atoms with Crippen LogP contribution in [0.15, 0.2) is 35.8 Å². The van der Waals surface area contributed by atoms with Crippen molar-refractivity contribution in [3.05, 3.63) is 41.4 Å². The Morgan fingerprint density at radius 2 is 2.00 bits per heavy atom. The second-order valence-electron chi connectivity index (χ2n) is 4.67. The van der Waals surface area contributed by atoms with Gasteiger partial charge in [0.05, 0.1) is 0 Å². The SMILES string of the molecule is O=C(O)CCCC(=O)Nc1cccc(C(=O)Nc2nccs2)c1. The first-order valence-corrected chi connectivity index (χ1v) is 7.75. The number of carbonyl (C=O) groups excluding carboxylic acids is 2. The van der Waals surface area contributed by atoms with Crippen LogP contribution < -0.4 is 10.6 Å². The minimum atomic E-state index is -0.932. The molecule has 0 fully saturated rings. The molecule has 0 radical (unpaired) electrons. The maximum Gasteiger partial charge on any atom is 0.303 e. The van der Waals surface area contributed by atoms with Crippen molar-refractivity contribution in [1.29, 1.82) is 0 Å². The molecule has 1 heterocycles. The Kier molecular flexibility index (Phi) is 5.81. The van der Waals surface area contributed by atoms with E-state index in [1.54, 1.807) is 35.8 Å². The van der Waals surface area contributed by atoms with Crippen LogP contribution in [0.4, 0.5) is 10.8 Å². The molecule has 2 aromatic rings. The number of hydrogen-bond donors (Lipinski definition) is 3. The van der Waals surface area contributed by atoms with Crippen molar-refractivity contribution in [2.45, 2.75) is 19.3 Å². The summed E-state index contributed by atoms with van der Waals surface area (Å²) in [6.45, 7) is 0. The molecule has 0 aliphatic carbocycles. The van der Waals surface area contributed by atoms with Crippen molar-refractivity contribution in [1.82, 2.24) is 4.98 Å². The molecule has 1 aromatic carbocycles. The summed E-state index contributed by atoms with van der Waals surface area (Å²) in [7, 11) is 0. The van der Waals surface area contributed by atoms with Crippen molar-refractivity contribution in [3.8, 4) is 0 Å². The van der Waals surface area contributed by atoms with E-state index in [2.05, 4.69) is 15.6 Å². The van der Waals surface area contributed by atoms with Crippen molar-refractivity contribution >= 4 is 39.9 Å². The maximum absolute atomic E-state index is 12.1. The number of aromatic nitrogens is 1. The number of rotatable bonds is 7. The average molecular weight is 333 g/mol. The third kappa shape index (κ3) is 5.51. The van der Waals surface area contributed by atoms with E-state index in [-0.39, 0.29) is 31.1 Å². The highest BCUT2D eigenvalue weighted by Crippen LogP contribution is 2.15. The topological polar surface area (TPSA) is 108 Å². The molecule has 23 heavy (non-hydrogen) atoms. The number of nitrogens with zero attached hydrogens (tertiary/aromatic N) is 1. The molecule has 0 aliphatic rings. The second-order valence-corrected chi connectivity index (χ2v) is 5.56. The highest BCUT2D eigenvalue weighted by molar-refractivity contribution is 7.13. The molecule has 0 spiro atoms. The van der Waals surface area contributed by atoms with Crippen molar-refractivity contribution in [2.75, 3.05) is 10.6 Å². The largest absolute Gasteiger partial charge is 0.481 e. The third-order valence-electron chi connectivity index (χ3n) is 2.86. The van der Waals surface area contributed by atoms with Gasteiger partial charge in [-0.05, 0) is 24.6 Å². The molecule has 0 bridgehead atoms. The van der Waals surface area contributed by atoms with Crippen LogP contribution in [0.3, 0.4) is 0 Å². The summed E-state index contributed by atoms with van der Waals surface area (Å²) in [6, 6.07) is 6.50. The first-order valence-electron chi connectivity index (χ1n) is 6.87. The zero-order valence-corrected chi connectivity index (χ0v) is 12.9. The van der Waals surface area contributed by atoms with E-state index in [0.717, 1.165) is 0 Å². The number of carboxylic acid groups (broad SMARTS) is 1. The summed E-state index contributed by atoms with van der Waals surface area (Å²) in [5, 5.41) is 16.1. The molecule has 1 aromatic heterocycles. The van der Waals surface area contributed by atoms with Gasteiger partial charge in [0.25, 0.3) is 5.91 Å². The predicted octanol–water partition coefficient (Wildman–Crippen LogP) is 2.59. The van der Waals surface area contributed by atoms with Crippen LogP contribution >= 0.6 is 11.3 Å². The van der Waals surface area contributed by atoms with Gasteiger partial charge in [-0.15, -0.1) is 11.3 Å². The number of hydrogen-bond acceptors (Lipinski definition) is 5. The molecule has 2 amide bonds. The lowest BCUT2D eigenvalue weighted by Gasteiger charge is -2.07. The highest BCUT2D eigenvalue weighted by atomic mass is 32.1. The lowest BCUT2D eigenvalue weighted by Crippen LogP contribution is -2.14. The van der Waals surface area contributed by atoms with Crippen LogP contribution in [-0.4, -0.2) is 27.9 Å². The summed E-state index contributed by atoms with van der Waals surface area (Å²) in [5.41, 5.74) is 0.876. The van der Waals surface area contributed by atoms with Crippen LogP contribution in [0.5, 0.6) is 0 Å². The number of anilines is 2. The van der Waals surface area contributed by atoms with Crippen LogP contribution in [-0.2, 0) is 9.59 Å². The van der Waals surface area contributed by atoms with Gasteiger partial charge >= 0.3 is 5.97 Å². The Labute approximate surface area is 136 Å². The van der Waals surface area contributed by atoms with Gasteiger partial charge in [-0.3, -0.25) is 19.7 Å². The second kappa shape index (κ2) is 8.04. The number of amides is 2. The van der Waals surface area contributed by atoms with E-state index in [0.29, 0.717) is 16.4 Å². The first-order chi connectivity index (χ1) is 11.0. The number of carboxylic acids is 1. The first kappa shape index (κ1) is 16.6. The molecule has 3 N–H and O–H groups in total. The fraction of sp³-hybridized carbons (Fsp3) is 0.200. The molecule has 0 saturated heterocycles. The quantitative estimate of drug-likeness (QED) is 0.721. The van der Waals surface area contributed by atoms with Gasteiger partial charge in [-0.2, -0.15) is 0 Å². The molecule has 7 nitrogen and oxygen atoms in total. The molecule has 0 aliphatic heterocycles. The summed E-state index contributed by atoms with van der Waals surface area (Å²) in [6.07, 6.45) is 1.92. The maximum atomic E-state index is 12.1. The van der Waals surface area contributed by atoms with Crippen molar-refractivity contribution in [2.24, 2.45) is 0 Å². The summed E-state index contributed by atoms with van der Waals surface area (Å²) >= 11 is 1.31. The molecule has 120 valence electrons. The van der Waals surface area contributed by atoms with Gasteiger partial charge in [-0.1, -0.05) is 6.07 Å². The molecular weight excluding hydrogens is 318 g/mol. The predicted molar refractivity (Wildman–Crippen MR) is 86.6 cm³/mol. The van der Waals surface area contributed by atoms with Crippen molar-refractivity contribution < 1.29 is 19.5 Å². The summed E-state index contributed by atoms with van der Waals surface area (Å²) < 4.78 is 0. The fourth-order valence-electron chi connectivity index (χ4n) is 1.82. The van der Waals surface area contributed by atoms with E-state index in [9.17, 15) is 14.4 Å². The normalized spacial score (nSPS) is 10.1. The minimum Gasteiger partial charge on any atom is -0.481 e. The smallest absolute Gasteiger partial charge is 0.303 e. The zero-order valence-electron chi connectivity index (χ0n) is 12.1. The van der Waals surface area contributed by atoms with Gasteiger partial charge in [0.1, 0.15) is 0 Å². The van der Waals surface area contributed by atoms with E-state index in [1.165, 1.54) is 11.3 Å². The Hall–Kier alpha value is -2.74. The number of thiazole rings is 1. The number of nitrogens with one attached hydrogen (secondary N) is 2. The molecule has 8 heteroatoms. The standard InChI is InChI=1S/C15H15N3O4S/c19-12(5-2-6-13(20)21)17-11-4-1-3-10(9-11)14(22)18-15-16-7-8-23-15/h1,3-4,7-9H,2,5-6H2,(H,17,19)(H,20,21)(H,16,18,22). The van der Waals surface area contributed by atoms with E-state index >= 15 is 0 Å². The van der Waals surface area contributed by atoms with E-state index < -0.39 is 5.97 Å².